The maximum absolute atomic E-state index is 12.2. The molecule has 1 saturated heterocycles. The fraction of sp³-hybridized carbons (Fsp3) is 0.714. The first-order chi connectivity index (χ1) is 12.3. The van der Waals surface area contributed by atoms with E-state index in [2.05, 4.69) is 4.98 Å². The molecule has 27 heavy (non-hydrogen) atoms. The molecule has 1 aromatic rings. The van der Waals surface area contributed by atoms with Crippen LogP contribution in [0.2, 0.25) is 0 Å². The molecule has 0 aromatic carbocycles. The van der Waals surface area contributed by atoms with Crippen LogP contribution < -0.4 is 16.1 Å². The maximum atomic E-state index is 12.2. The molecule has 1 aliphatic rings. The molecule has 5 atom stereocenters. The number of rotatable bonds is 7. The Morgan fingerprint density at radius 1 is 1.11 bits per heavy atom. The number of hydrogen-bond acceptors (Lipinski definition) is 8. The van der Waals surface area contributed by atoms with Crippen LogP contribution in [-0.4, -0.2) is 85.8 Å². The van der Waals surface area contributed by atoms with Crippen LogP contribution in [-0.2, 0) is 4.74 Å². The lowest BCUT2D eigenvalue weighted by atomic mass is 9.98. The van der Waals surface area contributed by atoms with E-state index in [1.54, 1.807) is 4.90 Å². The topological polar surface area (TPSA) is 148 Å². The summed E-state index contributed by atoms with van der Waals surface area (Å²) in [6.07, 6.45) is -6.35. The molecule has 0 radical (unpaired) electrons. The number of aromatic amines is 1. The average Bonchev–Trinajstić information content (AvgIpc) is 2.61. The molecular weight excluding hydrogens is 429 g/mol. The van der Waals surface area contributed by atoms with Crippen LogP contribution in [0, 0.1) is 0 Å². The second-order valence-corrected chi connectivity index (χ2v) is 6.52. The van der Waals surface area contributed by atoms with Crippen LogP contribution in [0.4, 0.5) is 5.69 Å². The molecule has 0 saturated carbocycles. The van der Waals surface area contributed by atoms with Crippen LogP contribution in [0.3, 0.4) is 0 Å². The SMILES string of the molecule is Cl.O=c1[nH]c(=O)n(C2OC(CO)C(O)C(O)C2O)cc1N(CCCl)CCCl. The summed E-state index contributed by atoms with van der Waals surface area (Å²) in [5.41, 5.74) is -1.49. The van der Waals surface area contributed by atoms with Crippen molar-refractivity contribution in [2.45, 2.75) is 30.6 Å². The summed E-state index contributed by atoms with van der Waals surface area (Å²) < 4.78 is 6.24. The Bertz CT molecular complexity index is 708. The predicted octanol–water partition coefficient (Wildman–Crippen LogP) is -1.79. The quantitative estimate of drug-likeness (QED) is 0.306. The zero-order valence-electron chi connectivity index (χ0n) is 14.1. The van der Waals surface area contributed by atoms with Gasteiger partial charge >= 0.3 is 5.69 Å². The minimum absolute atomic E-state index is 0. The maximum Gasteiger partial charge on any atom is 0.330 e. The first kappa shape index (κ1) is 24.2. The number of H-pyrrole nitrogens is 1. The normalized spacial score (nSPS) is 27.9. The van der Waals surface area contributed by atoms with Gasteiger partial charge in [0.05, 0.1) is 6.61 Å². The van der Waals surface area contributed by atoms with E-state index in [-0.39, 0.29) is 42.9 Å². The summed E-state index contributed by atoms with van der Waals surface area (Å²) in [7, 11) is 0. The Labute approximate surface area is 170 Å². The van der Waals surface area contributed by atoms with Crippen molar-refractivity contribution < 1.29 is 25.2 Å². The van der Waals surface area contributed by atoms with E-state index in [4.69, 9.17) is 27.9 Å². The van der Waals surface area contributed by atoms with E-state index in [0.717, 1.165) is 10.8 Å². The van der Waals surface area contributed by atoms with E-state index in [1.165, 1.54) is 0 Å². The summed E-state index contributed by atoms with van der Waals surface area (Å²) >= 11 is 11.5. The summed E-state index contributed by atoms with van der Waals surface area (Å²) in [5.74, 6) is 0.408. The molecule has 2 heterocycles. The van der Waals surface area contributed by atoms with Crippen molar-refractivity contribution in [3.8, 4) is 0 Å². The van der Waals surface area contributed by atoms with Crippen molar-refractivity contribution in [3.63, 3.8) is 0 Å². The number of nitrogens with zero attached hydrogens (tertiary/aromatic N) is 2. The first-order valence-corrected chi connectivity index (χ1v) is 8.95. The number of aliphatic hydroxyl groups excluding tert-OH is 4. The summed E-state index contributed by atoms with van der Waals surface area (Å²) in [5, 5.41) is 39.2. The lowest BCUT2D eigenvalue weighted by Gasteiger charge is -2.40. The molecule has 13 heteroatoms. The standard InChI is InChI=1S/C14H21Cl2N3O7.ClH/c15-1-3-18(4-2-16)7-5-19(14(25)17-12(7)24)13-11(23)10(22)9(21)8(6-20)26-13;/h5,8-11,13,20-23H,1-4,6H2,(H,17,24,25);1H. The van der Waals surface area contributed by atoms with E-state index in [1.807, 2.05) is 0 Å². The minimum Gasteiger partial charge on any atom is -0.394 e. The molecule has 0 spiro atoms. The molecule has 10 nitrogen and oxygen atoms in total. The molecule has 2 rings (SSSR count). The average molecular weight is 451 g/mol. The number of nitrogens with one attached hydrogen (secondary N) is 1. The Hall–Kier alpha value is -0.850. The van der Waals surface area contributed by atoms with E-state index < -0.39 is 48.5 Å². The highest BCUT2D eigenvalue weighted by atomic mass is 35.5. The van der Waals surface area contributed by atoms with Crippen molar-refractivity contribution in [2.24, 2.45) is 0 Å². The van der Waals surface area contributed by atoms with Gasteiger partial charge in [-0.3, -0.25) is 14.3 Å². The van der Waals surface area contributed by atoms with Gasteiger partial charge in [-0.2, -0.15) is 0 Å². The number of ether oxygens (including phenoxy) is 1. The van der Waals surface area contributed by atoms with Gasteiger partial charge in [0.25, 0.3) is 5.56 Å². The zero-order chi connectivity index (χ0) is 19.4. The van der Waals surface area contributed by atoms with Gasteiger partial charge in [-0.25, -0.2) is 4.79 Å². The molecule has 0 bridgehead atoms. The van der Waals surface area contributed by atoms with Crippen LogP contribution in [0.5, 0.6) is 0 Å². The van der Waals surface area contributed by atoms with Gasteiger partial charge in [0.1, 0.15) is 30.1 Å². The molecular formula is C14H22Cl3N3O7. The van der Waals surface area contributed by atoms with Crippen molar-refractivity contribution in [2.75, 3.05) is 36.4 Å². The number of aliphatic hydroxyl groups is 4. The van der Waals surface area contributed by atoms with Crippen LogP contribution in [0.1, 0.15) is 6.23 Å². The molecule has 5 N–H and O–H groups in total. The first-order valence-electron chi connectivity index (χ1n) is 7.88. The van der Waals surface area contributed by atoms with Gasteiger partial charge in [-0.05, 0) is 0 Å². The van der Waals surface area contributed by atoms with Crippen LogP contribution in [0.15, 0.2) is 15.8 Å². The Morgan fingerprint density at radius 3 is 2.22 bits per heavy atom. The van der Waals surface area contributed by atoms with Crippen molar-refractivity contribution >= 4 is 41.3 Å². The highest BCUT2D eigenvalue weighted by Gasteiger charge is 2.44. The molecule has 1 fully saturated rings. The highest BCUT2D eigenvalue weighted by Crippen LogP contribution is 2.27. The number of halogens is 3. The largest absolute Gasteiger partial charge is 0.394 e. The van der Waals surface area contributed by atoms with Gasteiger partial charge in [0.15, 0.2) is 6.23 Å². The summed E-state index contributed by atoms with van der Waals surface area (Å²) in [6, 6.07) is 0. The molecule has 0 amide bonds. The van der Waals surface area contributed by atoms with Gasteiger partial charge < -0.3 is 30.1 Å². The monoisotopic (exact) mass is 449 g/mol. The van der Waals surface area contributed by atoms with Gasteiger partial charge in [-0.1, -0.05) is 0 Å². The number of hydrogen-bond donors (Lipinski definition) is 5. The van der Waals surface area contributed by atoms with E-state index in [9.17, 15) is 30.0 Å². The van der Waals surface area contributed by atoms with Crippen molar-refractivity contribution in [3.05, 3.63) is 27.0 Å². The number of anilines is 1. The lowest BCUT2D eigenvalue weighted by Crippen LogP contribution is -2.58. The Balaban J connectivity index is 0.00000364. The molecule has 156 valence electrons. The number of alkyl halides is 2. The smallest absolute Gasteiger partial charge is 0.330 e. The zero-order valence-corrected chi connectivity index (χ0v) is 16.4. The van der Waals surface area contributed by atoms with Crippen LogP contribution in [0.25, 0.3) is 0 Å². The summed E-state index contributed by atoms with van der Waals surface area (Å²) in [6.45, 7) is -0.0779. The third-order valence-corrected chi connectivity index (χ3v) is 4.48. The second-order valence-electron chi connectivity index (χ2n) is 5.77. The lowest BCUT2D eigenvalue weighted by molar-refractivity contribution is -0.252. The van der Waals surface area contributed by atoms with Crippen molar-refractivity contribution in [1.82, 2.24) is 9.55 Å². The Kier molecular flexibility index (Phi) is 9.52. The second kappa shape index (κ2) is 10.6. The third-order valence-electron chi connectivity index (χ3n) is 4.14. The molecule has 1 aliphatic heterocycles. The van der Waals surface area contributed by atoms with Crippen LogP contribution >= 0.6 is 35.6 Å². The van der Waals surface area contributed by atoms with E-state index in [0.29, 0.717) is 0 Å². The highest BCUT2D eigenvalue weighted by molar-refractivity contribution is 6.18. The van der Waals surface area contributed by atoms with E-state index >= 15 is 0 Å². The van der Waals surface area contributed by atoms with Gasteiger partial charge in [0, 0.05) is 31.0 Å². The molecule has 0 aliphatic carbocycles. The minimum atomic E-state index is -1.67. The van der Waals surface area contributed by atoms with Crippen molar-refractivity contribution in [1.29, 1.82) is 0 Å². The third kappa shape index (κ3) is 5.15. The number of aromatic nitrogens is 2. The summed E-state index contributed by atoms with van der Waals surface area (Å²) in [4.78, 5) is 28.0. The Morgan fingerprint density at radius 2 is 1.70 bits per heavy atom. The molecule has 1 aromatic heterocycles. The fourth-order valence-corrected chi connectivity index (χ4v) is 3.17. The molecule has 5 unspecified atom stereocenters. The van der Waals surface area contributed by atoms with Gasteiger partial charge in [-0.15, -0.1) is 35.6 Å². The predicted molar refractivity (Wildman–Crippen MR) is 101 cm³/mol. The van der Waals surface area contributed by atoms with Gasteiger partial charge in [0.2, 0.25) is 0 Å². The fourth-order valence-electron chi connectivity index (χ4n) is 2.76.